The molecule has 0 spiro atoms. The Bertz CT molecular complexity index is 436. The van der Waals surface area contributed by atoms with Crippen molar-refractivity contribution in [1.82, 2.24) is 0 Å². The number of benzene rings is 1. The highest BCUT2D eigenvalue weighted by molar-refractivity contribution is 5.39. The van der Waals surface area contributed by atoms with Crippen LogP contribution in [0.5, 0.6) is 0 Å². The summed E-state index contributed by atoms with van der Waals surface area (Å²) >= 11 is 0. The highest BCUT2D eigenvalue weighted by atomic mass is 14.4. The van der Waals surface area contributed by atoms with E-state index in [0.29, 0.717) is 5.92 Å². The third-order valence-corrected chi connectivity index (χ3v) is 3.43. The van der Waals surface area contributed by atoms with E-state index in [0.717, 1.165) is 31.3 Å². The van der Waals surface area contributed by atoms with Crippen molar-refractivity contribution in [2.24, 2.45) is 5.92 Å². The second-order valence-corrected chi connectivity index (χ2v) is 4.81. The molecule has 1 aromatic carbocycles. The van der Waals surface area contributed by atoms with Gasteiger partial charge in [0, 0.05) is 5.57 Å². The molecule has 0 aromatic heterocycles. The first kappa shape index (κ1) is 11.9. The predicted octanol–water partition coefficient (Wildman–Crippen LogP) is 4.26. The minimum Gasteiger partial charge on any atom is -0.193 e. The average molecular weight is 225 g/mol. The molecule has 1 atom stereocenters. The molecular formula is C16H19N. The van der Waals surface area contributed by atoms with Crippen molar-refractivity contribution in [2.45, 2.75) is 39.0 Å². The third-order valence-electron chi connectivity index (χ3n) is 3.43. The molecule has 1 aromatic rings. The van der Waals surface area contributed by atoms with Crippen molar-refractivity contribution in [2.75, 3.05) is 0 Å². The van der Waals surface area contributed by atoms with Crippen LogP contribution in [0.25, 0.3) is 0 Å². The standard InChI is InChI=1S/C16H19N/c1-2-3-9-14(12-17)16-11-15(16)10-13-7-5-4-6-8-13/h4-8,15H,2-3,9-11H2,1H3/b16-14-. The van der Waals surface area contributed by atoms with Crippen molar-refractivity contribution in [3.8, 4) is 6.07 Å². The Morgan fingerprint density at radius 1 is 1.35 bits per heavy atom. The average Bonchev–Trinajstić information content (AvgIpc) is 3.11. The Morgan fingerprint density at radius 2 is 2.12 bits per heavy atom. The Labute approximate surface area is 104 Å². The topological polar surface area (TPSA) is 23.8 Å². The molecule has 17 heavy (non-hydrogen) atoms. The molecule has 1 unspecified atom stereocenters. The second kappa shape index (κ2) is 5.68. The van der Waals surface area contributed by atoms with Crippen LogP contribution in [0.3, 0.4) is 0 Å². The summed E-state index contributed by atoms with van der Waals surface area (Å²) in [5.41, 5.74) is 3.87. The first-order valence-corrected chi connectivity index (χ1v) is 6.51. The number of nitrogens with zero attached hydrogens (tertiary/aromatic N) is 1. The maximum absolute atomic E-state index is 9.14. The third kappa shape index (κ3) is 3.20. The molecule has 0 radical (unpaired) electrons. The van der Waals surface area contributed by atoms with Gasteiger partial charge in [0.2, 0.25) is 0 Å². The molecule has 1 aliphatic rings. The molecule has 0 amide bonds. The van der Waals surface area contributed by atoms with Crippen LogP contribution in [-0.2, 0) is 6.42 Å². The van der Waals surface area contributed by atoms with E-state index in [9.17, 15) is 0 Å². The summed E-state index contributed by atoms with van der Waals surface area (Å²) in [6.07, 6.45) is 5.54. The summed E-state index contributed by atoms with van der Waals surface area (Å²) in [7, 11) is 0. The zero-order valence-electron chi connectivity index (χ0n) is 10.4. The van der Waals surface area contributed by atoms with Crippen LogP contribution in [-0.4, -0.2) is 0 Å². The highest BCUT2D eigenvalue weighted by Crippen LogP contribution is 2.43. The van der Waals surface area contributed by atoms with Crippen LogP contribution in [0.2, 0.25) is 0 Å². The van der Waals surface area contributed by atoms with Gasteiger partial charge in [0.05, 0.1) is 6.07 Å². The Kier molecular flexibility index (Phi) is 3.98. The first-order valence-electron chi connectivity index (χ1n) is 6.51. The number of allylic oxidation sites excluding steroid dienone is 2. The molecule has 1 nitrogen and oxygen atoms in total. The van der Waals surface area contributed by atoms with Crippen LogP contribution in [0.15, 0.2) is 41.5 Å². The minimum atomic E-state index is 0.643. The van der Waals surface area contributed by atoms with E-state index in [2.05, 4.69) is 43.3 Å². The SMILES string of the molecule is CCCC/C(C#N)=C1\CC1Cc1ccccc1. The predicted molar refractivity (Wildman–Crippen MR) is 70.4 cm³/mol. The highest BCUT2D eigenvalue weighted by Gasteiger charge is 2.32. The zero-order chi connectivity index (χ0) is 12.1. The monoisotopic (exact) mass is 225 g/mol. The molecule has 1 fully saturated rings. The van der Waals surface area contributed by atoms with Gasteiger partial charge in [-0.1, -0.05) is 49.2 Å². The molecule has 1 saturated carbocycles. The first-order chi connectivity index (χ1) is 8.35. The van der Waals surface area contributed by atoms with Crippen LogP contribution in [0.1, 0.15) is 38.2 Å². The molecule has 0 aliphatic heterocycles. The van der Waals surface area contributed by atoms with Crippen LogP contribution < -0.4 is 0 Å². The summed E-state index contributed by atoms with van der Waals surface area (Å²) in [6.45, 7) is 2.17. The Morgan fingerprint density at radius 3 is 2.76 bits per heavy atom. The molecular weight excluding hydrogens is 206 g/mol. The lowest BCUT2D eigenvalue weighted by Crippen LogP contribution is -1.87. The van der Waals surface area contributed by atoms with Crippen molar-refractivity contribution in [3.63, 3.8) is 0 Å². The van der Waals surface area contributed by atoms with Crippen molar-refractivity contribution < 1.29 is 0 Å². The molecule has 0 heterocycles. The molecule has 88 valence electrons. The van der Waals surface area contributed by atoms with E-state index in [1.54, 1.807) is 0 Å². The van der Waals surface area contributed by atoms with Gasteiger partial charge in [-0.05, 0) is 37.2 Å². The zero-order valence-corrected chi connectivity index (χ0v) is 10.4. The van der Waals surface area contributed by atoms with Crippen molar-refractivity contribution >= 4 is 0 Å². The van der Waals surface area contributed by atoms with E-state index in [4.69, 9.17) is 5.26 Å². The van der Waals surface area contributed by atoms with Crippen LogP contribution in [0.4, 0.5) is 0 Å². The number of unbranched alkanes of at least 4 members (excludes halogenated alkanes) is 1. The molecule has 0 saturated heterocycles. The fraction of sp³-hybridized carbons (Fsp3) is 0.438. The largest absolute Gasteiger partial charge is 0.193 e. The van der Waals surface area contributed by atoms with Crippen LogP contribution >= 0.6 is 0 Å². The van der Waals surface area contributed by atoms with Gasteiger partial charge in [0.25, 0.3) is 0 Å². The van der Waals surface area contributed by atoms with E-state index >= 15 is 0 Å². The number of hydrogen-bond donors (Lipinski definition) is 0. The molecule has 1 heteroatoms. The molecule has 0 N–H and O–H groups in total. The van der Waals surface area contributed by atoms with Crippen molar-refractivity contribution in [1.29, 1.82) is 5.26 Å². The summed E-state index contributed by atoms with van der Waals surface area (Å²) in [6, 6.07) is 13.0. The number of nitriles is 1. The molecule has 0 bridgehead atoms. The Balaban J connectivity index is 1.95. The quantitative estimate of drug-likeness (QED) is 0.687. The van der Waals surface area contributed by atoms with Gasteiger partial charge in [0.15, 0.2) is 0 Å². The van der Waals surface area contributed by atoms with Gasteiger partial charge in [-0.25, -0.2) is 0 Å². The lowest BCUT2D eigenvalue weighted by atomic mass is 10.1. The minimum absolute atomic E-state index is 0.643. The van der Waals surface area contributed by atoms with Gasteiger partial charge >= 0.3 is 0 Å². The summed E-state index contributed by atoms with van der Waals surface area (Å²) in [5, 5.41) is 9.14. The maximum atomic E-state index is 9.14. The molecule has 1 aliphatic carbocycles. The smallest absolute Gasteiger partial charge is 0.0946 e. The summed E-state index contributed by atoms with van der Waals surface area (Å²) in [5.74, 6) is 0.643. The van der Waals surface area contributed by atoms with E-state index in [-0.39, 0.29) is 0 Å². The summed E-state index contributed by atoms with van der Waals surface area (Å²) < 4.78 is 0. The second-order valence-electron chi connectivity index (χ2n) is 4.81. The van der Waals surface area contributed by atoms with Crippen molar-refractivity contribution in [3.05, 3.63) is 47.0 Å². The van der Waals surface area contributed by atoms with E-state index < -0.39 is 0 Å². The number of rotatable bonds is 5. The Hall–Kier alpha value is -1.55. The molecule has 2 rings (SSSR count). The van der Waals surface area contributed by atoms with Gasteiger partial charge < -0.3 is 0 Å². The van der Waals surface area contributed by atoms with E-state index in [1.165, 1.54) is 17.6 Å². The van der Waals surface area contributed by atoms with Crippen LogP contribution in [0, 0.1) is 17.2 Å². The van der Waals surface area contributed by atoms with Gasteiger partial charge in [-0.15, -0.1) is 0 Å². The van der Waals surface area contributed by atoms with E-state index in [1.807, 2.05) is 0 Å². The lowest BCUT2D eigenvalue weighted by molar-refractivity contribution is 0.792. The summed E-state index contributed by atoms with van der Waals surface area (Å²) in [4.78, 5) is 0. The van der Waals surface area contributed by atoms with Gasteiger partial charge in [-0.3, -0.25) is 0 Å². The normalized spacial score (nSPS) is 20.8. The number of hydrogen-bond acceptors (Lipinski definition) is 1. The lowest BCUT2D eigenvalue weighted by Gasteiger charge is -1.98. The fourth-order valence-electron chi connectivity index (χ4n) is 2.31. The van der Waals surface area contributed by atoms with Gasteiger partial charge in [0.1, 0.15) is 0 Å². The van der Waals surface area contributed by atoms with Gasteiger partial charge in [-0.2, -0.15) is 5.26 Å². The maximum Gasteiger partial charge on any atom is 0.0946 e. The fourth-order valence-corrected chi connectivity index (χ4v) is 2.31.